The summed E-state index contributed by atoms with van der Waals surface area (Å²) in [6, 6.07) is 0. The molecule has 0 aromatic rings. The van der Waals surface area contributed by atoms with Crippen molar-refractivity contribution in [2.24, 2.45) is 11.8 Å². The number of aliphatic hydroxyl groups excluding tert-OH is 1. The molecule has 5 atom stereocenters. The van der Waals surface area contributed by atoms with Crippen LogP contribution in [0.5, 0.6) is 0 Å². The van der Waals surface area contributed by atoms with Crippen molar-refractivity contribution in [1.82, 2.24) is 0 Å². The summed E-state index contributed by atoms with van der Waals surface area (Å²) in [6.07, 6.45) is 51.5. The van der Waals surface area contributed by atoms with Gasteiger partial charge in [0.15, 0.2) is 12.2 Å². The van der Waals surface area contributed by atoms with Gasteiger partial charge in [0, 0.05) is 25.7 Å². The molecule has 0 aliphatic heterocycles. The lowest BCUT2D eigenvalue weighted by molar-refractivity contribution is -0.161. The fraction of sp³-hybridized carbons (Fsp3) is 0.945. The summed E-state index contributed by atoms with van der Waals surface area (Å²) < 4.78 is 68.3. The molecule has 0 aromatic carbocycles. The van der Waals surface area contributed by atoms with E-state index in [2.05, 4.69) is 41.5 Å². The van der Waals surface area contributed by atoms with Crippen LogP contribution < -0.4 is 0 Å². The van der Waals surface area contributed by atoms with E-state index >= 15 is 0 Å². The van der Waals surface area contributed by atoms with Crippen molar-refractivity contribution >= 4 is 39.5 Å². The SMILES string of the molecule is CCCCCCCCCCCCCCC(=O)OC[C@H](COP(=O)(O)OC[C@@H](O)COP(=O)(O)OC[C@@H](COC(=O)CCCCCCCCCCC)OC(=O)CCCCCCCCCC(C)C)OC(=O)CCCCCCCCCCCCCCCCCCCCC(C)C. The van der Waals surface area contributed by atoms with Gasteiger partial charge < -0.3 is 33.8 Å². The van der Waals surface area contributed by atoms with Gasteiger partial charge in [-0.3, -0.25) is 37.3 Å². The largest absolute Gasteiger partial charge is 0.472 e. The lowest BCUT2D eigenvalue weighted by atomic mass is 10.0. The zero-order chi connectivity index (χ0) is 67.9. The highest BCUT2D eigenvalue weighted by Gasteiger charge is 2.30. The van der Waals surface area contributed by atoms with Gasteiger partial charge >= 0.3 is 39.5 Å². The quantitative estimate of drug-likeness (QED) is 0.0222. The molecule has 0 aliphatic rings. The van der Waals surface area contributed by atoms with Gasteiger partial charge in [-0.15, -0.1) is 0 Å². The molecule has 0 spiro atoms. The van der Waals surface area contributed by atoms with Crippen molar-refractivity contribution < 1.29 is 80.2 Å². The van der Waals surface area contributed by atoms with E-state index in [1.807, 2.05) is 0 Å². The second kappa shape index (κ2) is 65.0. The predicted octanol–water partition coefficient (Wildman–Crippen LogP) is 21.2. The van der Waals surface area contributed by atoms with E-state index < -0.39 is 97.5 Å². The highest BCUT2D eigenvalue weighted by atomic mass is 31.2. The Morgan fingerprint density at radius 2 is 0.500 bits per heavy atom. The van der Waals surface area contributed by atoms with E-state index in [-0.39, 0.29) is 25.7 Å². The van der Waals surface area contributed by atoms with Gasteiger partial charge in [0.25, 0.3) is 0 Å². The predicted molar refractivity (Wildman–Crippen MR) is 372 cm³/mol. The van der Waals surface area contributed by atoms with Crippen LogP contribution in [-0.4, -0.2) is 96.7 Å². The third-order valence-corrected chi connectivity index (χ3v) is 18.9. The van der Waals surface area contributed by atoms with Crippen LogP contribution in [0, 0.1) is 11.8 Å². The van der Waals surface area contributed by atoms with Gasteiger partial charge in [0.1, 0.15) is 19.3 Å². The molecule has 0 rings (SSSR count). The number of esters is 4. The second-order valence-corrected chi connectivity index (χ2v) is 30.2. The van der Waals surface area contributed by atoms with Gasteiger partial charge in [-0.2, -0.15) is 0 Å². The summed E-state index contributed by atoms with van der Waals surface area (Å²) >= 11 is 0. The van der Waals surface area contributed by atoms with Crippen molar-refractivity contribution in [2.45, 2.75) is 394 Å². The molecule has 19 heteroatoms. The first-order chi connectivity index (χ1) is 44.4. The molecule has 0 aliphatic carbocycles. The van der Waals surface area contributed by atoms with Crippen LogP contribution in [0.25, 0.3) is 0 Å². The molecule has 546 valence electrons. The third kappa shape index (κ3) is 66.7. The lowest BCUT2D eigenvalue weighted by Gasteiger charge is -2.21. The Balaban J connectivity index is 5.16. The smallest absolute Gasteiger partial charge is 0.462 e. The van der Waals surface area contributed by atoms with Crippen LogP contribution in [0.3, 0.4) is 0 Å². The van der Waals surface area contributed by atoms with Gasteiger partial charge in [0.05, 0.1) is 26.4 Å². The topological polar surface area (TPSA) is 237 Å². The van der Waals surface area contributed by atoms with Gasteiger partial charge in [-0.25, -0.2) is 9.13 Å². The molecule has 0 fully saturated rings. The molecule has 0 radical (unpaired) electrons. The Morgan fingerprint density at radius 3 is 0.739 bits per heavy atom. The van der Waals surface area contributed by atoms with Gasteiger partial charge in [0.2, 0.25) is 0 Å². The van der Waals surface area contributed by atoms with Crippen molar-refractivity contribution in [3.8, 4) is 0 Å². The Kier molecular flexibility index (Phi) is 63.7. The summed E-state index contributed by atoms with van der Waals surface area (Å²) in [5.74, 6) is -0.607. The average molecular weight is 1350 g/mol. The molecule has 0 saturated carbocycles. The standard InChI is InChI=1S/C73H142O17P2/c1-7-9-11-13-15-17-18-28-32-38-44-50-56-71(76)84-61-68(89-72(77)57-51-45-39-33-29-26-24-22-20-19-21-23-25-27-31-35-41-47-53-65(3)4)63-87-91(79,80)85-59-67(74)60-86-92(81,82)88-64-69(62-83-70(75)55-49-43-37-30-16-14-12-10-8-2)90-73(78)58-52-46-40-34-36-42-48-54-66(5)6/h65-69,74H,7-64H2,1-6H3,(H,79,80)(H,81,82)/t67-,68-,69-/m1/s1. The van der Waals surface area contributed by atoms with E-state index in [1.165, 1.54) is 193 Å². The number of phosphoric ester groups is 2. The van der Waals surface area contributed by atoms with Gasteiger partial charge in [-0.05, 0) is 37.5 Å². The van der Waals surface area contributed by atoms with Crippen molar-refractivity contribution in [2.75, 3.05) is 39.6 Å². The molecular formula is C73H142O17P2. The molecule has 92 heavy (non-hydrogen) atoms. The fourth-order valence-corrected chi connectivity index (χ4v) is 12.7. The number of hydrogen-bond donors (Lipinski definition) is 3. The fourth-order valence-electron chi connectivity index (χ4n) is 11.1. The number of phosphoric acid groups is 2. The number of hydrogen-bond acceptors (Lipinski definition) is 15. The highest BCUT2D eigenvalue weighted by Crippen LogP contribution is 2.45. The molecule has 3 N–H and O–H groups in total. The van der Waals surface area contributed by atoms with Gasteiger partial charge in [-0.1, -0.05) is 324 Å². The molecule has 0 aromatic heterocycles. The van der Waals surface area contributed by atoms with E-state index in [1.54, 1.807) is 0 Å². The zero-order valence-corrected chi connectivity index (χ0v) is 61.6. The minimum Gasteiger partial charge on any atom is -0.462 e. The number of aliphatic hydroxyl groups is 1. The van der Waals surface area contributed by atoms with Crippen LogP contribution in [0.1, 0.15) is 375 Å². The molecule has 0 amide bonds. The molecule has 0 heterocycles. The minimum absolute atomic E-state index is 0.104. The van der Waals surface area contributed by atoms with Crippen LogP contribution in [0.15, 0.2) is 0 Å². The number of ether oxygens (including phenoxy) is 4. The Labute approximate surface area is 562 Å². The monoisotopic (exact) mass is 1350 g/mol. The third-order valence-electron chi connectivity index (χ3n) is 17.0. The Bertz CT molecular complexity index is 1790. The zero-order valence-electron chi connectivity index (χ0n) is 59.9. The summed E-state index contributed by atoms with van der Waals surface area (Å²) in [4.78, 5) is 72.5. The number of carbonyl (C=O) groups is 4. The van der Waals surface area contributed by atoms with E-state index in [0.29, 0.717) is 31.6 Å². The molecule has 0 saturated heterocycles. The summed E-state index contributed by atoms with van der Waals surface area (Å²) in [6.45, 7) is 9.52. The normalized spacial score (nSPS) is 14.1. The number of carbonyl (C=O) groups excluding carboxylic acids is 4. The van der Waals surface area contributed by atoms with E-state index in [9.17, 15) is 43.2 Å². The number of rotatable bonds is 72. The van der Waals surface area contributed by atoms with Crippen molar-refractivity contribution in [3.63, 3.8) is 0 Å². The van der Waals surface area contributed by atoms with E-state index in [4.69, 9.17) is 37.0 Å². The van der Waals surface area contributed by atoms with Crippen molar-refractivity contribution in [1.29, 1.82) is 0 Å². The average Bonchev–Trinajstić information content (AvgIpc) is 1.71. The molecule has 0 bridgehead atoms. The maximum Gasteiger partial charge on any atom is 0.472 e. The molecule has 17 nitrogen and oxygen atoms in total. The maximum atomic E-state index is 13.0. The van der Waals surface area contributed by atoms with Crippen LogP contribution in [0.2, 0.25) is 0 Å². The molecular weight excluding hydrogens is 1210 g/mol. The summed E-state index contributed by atoms with van der Waals surface area (Å²) in [5.41, 5.74) is 0. The highest BCUT2D eigenvalue weighted by molar-refractivity contribution is 7.47. The minimum atomic E-state index is -4.95. The van der Waals surface area contributed by atoms with Crippen molar-refractivity contribution in [3.05, 3.63) is 0 Å². The first kappa shape index (κ1) is 90.1. The lowest BCUT2D eigenvalue weighted by Crippen LogP contribution is -2.30. The van der Waals surface area contributed by atoms with Crippen LogP contribution in [-0.2, 0) is 65.4 Å². The summed E-state index contributed by atoms with van der Waals surface area (Å²) in [5, 5.41) is 10.6. The second-order valence-electron chi connectivity index (χ2n) is 27.3. The number of unbranched alkanes of at least 4 members (excludes halogenated alkanes) is 42. The Hall–Kier alpha value is -1.94. The first-order valence-electron chi connectivity index (χ1n) is 38.0. The van der Waals surface area contributed by atoms with Crippen LogP contribution >= 0.6 is 15.6 Å². The Morgan fingerprint density at radius 1 is 0.293 bits per heavy atom. The maximum absolute atomic E-state index is 13.0. The van der Waals surface area contributed by atoms with Crippen LogP contribution in [0.4, 0.5) is 0 Å². The van der Waals surface area contributed by atoms with E-state index in [0.717, 1.165) is 95.8 Å². The first-order valence-corrected chi connectivity index (χ1v) is 41.0. The molecule has 2 unspecified atom stereocenters. The summed E-state index contributed by atoms with van der Waals surface area (Å²) in [7, 11) is -9.90.